The van der Waals surface area contributed by atoms with Crippen molar-refractivity contribution in [3.8, 4) is 0 Å². The molecule has 0 aliphatic heterocycles. The Balaban J connectivity index is 2.40. The van der Waals surface area contributed by atoms with Crippen LogP contribution in [0.15, 0.2) is 48.5 Å². The second kappa shape index (κ2) is 6.00. The fourth-order valence-electron chi connectivity index (χ4n) is 2.31. The predicted molar refractivity (Wildman–Crippen MR) is 85.6 cm³/mol. The van der Waals surface area contributed by atoms with Crippen molar-refractivity contribution in [2.24, 2.45) is 0 Å². The summed E-state index contributed by atoms with van der Waals surface area (Å²) >= 11 is 0. The molecular weight excluding hydrogens is 262 g/mol. The molecule has 0 amide bonds. The van der Waals surface area contributed by atoms with Crippen molar-refractivity contribution < 1.29 is 9.90 Å². The summed E-state index contributed by atoms with van der Waals surface area (Å²) in [5.74, 6) is -0.894. The monoisotopic (exact) mass is 283 g/mol. The Kier molecular flexibility index (Phi) is 4.32. The highest BCUT2D eigenvalue weighted by Gasteiger charge is 2.35. The number of carbonyl (C=O) groups is 1. The van der Waals surface area contributed by atoms with E-state index >= 15 is 0 Å². The Morgan fingerprint density at radius 3 is 2.29 bits per heavy atom. The standard InChI is InChI=1S/C18H21NO2/c1-4-14-9-11-15(12-10-14)18(3,17(20)21)19-16-8-6-5-7-13(16)2/h5-12,19H,4H2,1-3H3,(H,20,21). The van der Waals surface area contributed by atoms with Gasteiger partial charge >= 0.3 is 5.97 Å². The van der Waals surface area contributed by atoms with Gasteiger partial charge in [-0.05, 0) is 43.0 Å². The van der Waals surface area contributed by atoms with Gasteiger partial charge in [-0.3, -0.25) is 0 Å². The molecule has 3 heteroatoms. The molecule has 2 aromatic carbocycles. The summed E-state index contributed by atoms with van der Waals surface area (Å²) in [6.45, 7) is 5.74. The lowest BCUT2D eigenvalue weighted by atomic mass is 9.90. The molecule has 1 unspecified atom stereocenters. The van der Waals surface area contributed by atoms with E-state index in [1.807, 2.05) is 55.5 Å². The van der Waals surface area contributed by atoms with Crippen LogP contribution in [0, 0.1) is 6.92 Å². The number of para-hydroxylation sites is 1. The molecule has 0 saturated heterocycles. The molecule has 0 saturated carbocycles. The quantitative estimate of drug-likeness (QED) is 0.873. The number of anilines is 1. The van der Waals surface area contributed by atoms with Crippen molar-refractivity contribution in [2.45, 2.75) is 32.7 Å². The highest BCUT2D eigenvalue weighted by Crippen LogP contribution is 2.28. The van der Waals surface area contributed by atoms with Crippen LogP contribution in [0.4, 0.5) is 5.69 Å². The van der Waals surface area contributed by atoms with Crippen LogP contribution in [0.1, 0.15) is 30.5 Å². The van der Waals surface area contributed by atoms with Gasteiger partial charge in [0.25, 0.3) is 0 Å². The third-order valence-electron chi connectivity index (χ3n) is 3.90. The van der Waals surface area contributed by atoms with E-state index in [9.17, 15) is 9.90 Å². The van der Waals surface area contributed by atoms with E-state index in [0.717, 1.165) is 23.2 Å². The van der Waals surface area contributed by atoms with Crippen molar-refractivity contribution in [3.63, 3.8) is 0 Å². The fourth-order valence-corrected chi connectivity index (χ4v) is 2.31. The lowest BCUT2D eigenvalue weighted by Gasteiger charge is -2.29. The predicted octanol–water partition coefficient (Wildman–Crippen LogP) is 3.97. The van der Waals surface area contributed by atoms with Gasteiger partial charge in [0.2, 0.25) is 0 Å². The number of aliphatic carboxylic acids is 1. The summed E-state index contributed by atoms with van der Waals surface area (Å²) in [5.41, 5.74) is 2.65. The summed E-state index contributed by atoms with van der Waals surface area (Å²) in [6.07, 6.45) is 0.940. The molecule has 2 rings (SSSR count). The van der Waals surface area contributed by atoms with Crippen LogP contribution in [-0.2, 0) is 16.8 Å². The van der Waals surface area contributed by atoms with Crippen LogP contribution in [-0.4, -0.2) is 11.1 Å². The first-order chi connectivity index (χ1) is 9.97. The third-order valence-corrected chi connectivity index (χ3v) is 3.90. The highest BCUT2D eigenvalue weighted by molar-refractivity contribution is 5.84. The minimum Gasteiger partial charge on any atom is -0.479 e. The summed E-state index contributed by atoms with van der Waals surface area (Å²) in [4.78, 5) is 11.8. The average molecular weight is 283 g/mol. The van der Waals surface area contributed by atoms with Crippen molar-refractivity contribution in [1.29, 1.82) is 0 Å². The minimum absolute atomic E-state index is 0.746. The van der Waals surface area contributed by atoms with Gasteiger partial charge in [-0.25, -0.2) is 4.79 Å². The molecule has 0 radical (unpaired) electrons. The summed E-state index contributed by atoms with van der Waals surface area (Å²) in [7, 11) is 0. The minimum atomic E-state index is -1.15. The molecule has 0 fully saturated rings. The van der Waals surface area contributed by atoms with Gasteiger partial charge in [0.05, 0.1) is 0 Å². The van der Waals surface area contributed by atoms with E-state index < -0.39 is 11.5 Å². The highest BCUT2D eigenvalue weighted by atomic mass is 16.4. The van der Waals surface area contributed by atoms with Gasteiger partial charge in [0.1, 0.15) is 0 Å². The zero-order valence-electron chi connectivity index (χ0n) is 12.7. The van der Waals surface area contributed by atoms with Crippen LogP contribution in [0.2, 0.25) is 0 Å². The summed E-state index contributed by atoms with van der Waals surface area (Å²) in [6, 6.07) is 15.4. The zero-order chi connectivity index (χ0) is 15.5. The SMILES string of the molecule is CCc1ccc(C(C)(Nc2ccccc2C)C(=O)O)cc1. The Morgan fingerprint density at radius 1 is 1.14 bits per heavy atom. The molecular formula is C18H21NO2. The number of benzene rings is 2. The number of hydrogen-bond donors (Lipinski definition) is 2. The number of aryl methyl sites for hydroxylation is 2. The Morgan fingerprint density at radius 2 is 1.76 bits per heavy atom. The van der Waals surface area contributed by atoms with E-state index in [2.05, 4.69) is 12.2 Å². The lowest BCUT2D eigenvalue weighted by molar-refractivity contribution is -0.142. The maximum Gasteiger partial charge on any atom is 0.333 e. The van der Waals surface area contributed by atoms with Crippen LogP contribution in [0.5, 0.6) is 0 Å². The smallest absolute Gasteiger partial charge is 0.333 e. The molecule has 2 aromatic rings. The second-order valence-corrected chi connectivity index (χ2v) is 5.42. The first kappa shape index (κ1) is 15.1. The Labute approximate surface area is 125 Å². The molecule has 0 spiro atoms. The first-order valence-corrected chi connectivity index (χ1v) is 7.14. The van der Waals surface area contributed by atoms with Crippen molar-refractivity contribution in [1.82, 2.24) is 0 Å². The fraction of sp³-hybridized carbons (Fsp3) is 0.278. The van der Waals surface area contributed by atoms with Crippen molar-refractivity contribution >= 4 is 11.7 Å². The molecule has 2 N–H and O–H groups in total. The number of hydrogen-bond acceptors (Lipinski definition) is 2. The number of nitrogens with one attached hydrogen (secondary N) is 1. The first-order valence-electron chi connectivity index (χ1n) is 7.14. The molecule has 1 atom stereocenters. The Hall–Kier alpha value is -2.29. The van der Waals surface area contributed by atoms with E-state index in [-0.39, 0.29) is 0 Å². The number of rotatable bonds is 5. The normalized spacial score (nSPS) is 13.5. The van der Waals surface area contributed by atoms with E-state index in [4.69, 9.17) is 0 Å². The van der Waals surface area contributed by atoms with E-state index in [1.165, 1.54) is 5.56 Å². The van der Waals surface area contributed by atoms with Crippen LogP contribution < -0.4 is 5.32 Å². The lowest BCUT2D eigenvalue weighted by Crippen LogP contribution is -2.40. The molecule has 0 aliphatic carbocycles. The number of carboxylic acids is 1. The van der Waals surface area contributed by atoms with Crippen molar-refractivity contribution in [3.05, 3.63) is 65.2 Å². The second-order valence-electron chi connectivity index (χ2n) is 5.42. The summed E-state index contributed by atoms with van der Waals surface area (Å²) in [5, 5.41) is 12.9. The molecule has 0 aromatic heterocycles. The van der Waals surface area contributed by atoms with Crippen LogP contribution >= 0.6 is 0 Å². The van der Waals surface area contributed by atoms with E-state index in [0.29, 0.717) is 0 Å². The molecule has 0 bridgehead atoms. The van der Waals surface area contributed by atoms with Crippen molar-refractivity contribution in [2.75, 3.05) is 5.32 Å². The molecule has 0 heterocycles. The maximum absolute atomic E-state index is 11.8. The largest absolute Gasteiger partial charge is 0.479 e. The zero-order valence-corrected chi connectivity index (χ0v) is 12.7. The van der Waals surface area contributed by atoms with Gasteiger partial charge in [-0.1, -0.05) is 49.4 Å². The topological polar surface area (TPSA) is 49.3 Å². The maximum atomic E-state index is 11.8. The third kappa shape index (κ3) is 3.07. The van der Waals surface area contributed by atoms with Gasteiger partial charge in [-0.15, -0.1) is 0 Å². The van der Waals surface area contributed by atoms with Gasteiger partial charge in [0.15, 0.2) is 5.54 Å². The van der Waals surface area contributed by atoms with Gasteiger partial charge < -0.3 is 10.4 Å². The Bertz CT molecular complexity index is 634. The van der Waals surface area contributed by atoms with Crippen LogP contribution in [0.3, 0.4) is 0 Å². The van der Waals surface area contributed by atoms with E-state index in [1.54, 1.807) is 6.92 Å². The number of carboxylic acid groups (broad SMARTS) is 1. The molecule has 110 valence electrons. The summed E-state index contributed by atoms with van der Waals surface area (Å²) < 4.78 is 0. The van der Waals surface area contributed by atoms with Gasteiger partial charge in [-0.2, -0.15) is 0 Å². The van der Waals surface area contributed by atoms with Crippen LogP contribution in [0.25, 0.3) is 0 Å². The molecule has 21 heavy (non-hydrogen) atoms. The van der Waals surface area contributed by atoms with Gasteiger partial charge in [0, 0.05) is 5.69 Å². The average Bonchev–Trinajstić information content (AvgIpc) is 2.49. The molecule has 3 nitrogen and oxygen atoms in total. The molecule has 0 aliphatic rings.